The molecule has 19 heavy (non-hydrogen) atoms. The summed E-state index contributed by atoms with van der Waals surface area (Å²) in [6, 6.07) is 5.53. The fourth-order valence-corrected chi connectivity index (χ4v) is 2.71. The third kappa shape index (κ3) is 3.57. The smallest absolute Gasteiger partial charge is 0.168 e. The molecule has 2 rings (SSSR count). The molecule has 1 aromatic carbocycles. The number of ether oxygens (including phenoxy) is 2. The van der Waals surface area contributed by atoms with Gasteiger partial charge in [-0.1, -0.05) is 6.92 Å². The van der Waals surface area contributed by atoms with E-state index in [2.05, 4.69) is 22.9 Å². The van der Waals surface area contributed by atoms with Crippen molar-refractivity contribution in [2.24, 2.45) is 5.92 Å². The van der Waals surface area contributed by atoms with Gasteiger partial charge in [0.25, 0.3) is 0 Å². The van der Waals surface area contributed by atoms with Gasteiger partial charge in [0.05, 0.1) is 23.8 Å². The number of ketones is 1. The summed E-state index contributed by atoms with van der Waals surface area (Å²) < 4.78 is 11.9. The van der Waals surface area contributed by atoms with Gasteiger partial charge >= 0.3 is 0 Å². The number of carbonyl (C=O) groups excluding carboxylic acids is 1. The molecular formula is C15H19BrO3. The van der Waals surface area contributed by atoms with Crippen LogP contribution in [0.4, 0.5) is 0 Å². The first-order valence-electron chi connectivity index (χ1n) is 6.70. The number of benzene rings is 1. The van der Waals surface area contributed by atoms with Gasteiger partial charge in [0.15, 0.2) is 5.78 Å². The molecule has 1 saturated heterocycles. The predicted molar refractivity (Wildman–Crippen MR) is 77.8 cm³/mol. The zero-order valence-electron chi connectivity index (χ0n) is 11.3. The molecule has 0 bridgehead atoms. The van der Waals surface area contributed by atoms with Gasteiger partial charge in [0.1, 0.15) is 5.75 Å². The molecule has 0 spiro atoms. The van der Waals surface area contributed by atoms with Crippen molar-refractivity contribution in [2.75, 3.05) is 13.2 Å². The third-order valence-electron chi connectivity index (χ3n) is 3.25. The summed E-state index contributed by atoms with van der Waals surface area (Å²) in [5, 5.41) is 0. The molecule has 0 amide bonds. The van der Waals surface area contributed by atoms with Crippen LogP contribution in [-0.2, 0) is 4.74 Å². The Labute approximate surface area is 122 Å². The molecule has 3 nitrogen and oxygen atoms in total. The molecule has 0 aliphatic carbocycles. The van der Waals surface area contributed by atoms with Crippen molar-refractivity contribution in [2.45, 2.75) is 32.8 Å². The zero-order chi connectivity index (χ0) is 13.8. The van der Waals surface area contributed by atoms with Crippen LogP contribution in [-0.4, -0.2) is 25.1 Å². The van der Waals surface area contributed by atoms with E-state index >= 15 is 0 Å². The van der Waals surface area contributed by atoms with Gasteiger partial charge in [-0.3, -0.25) is 4.79 Å². The first kappa shape index (κ1) is 14.5. The Kier molecular flexibility index (Phi) is 4.99. The Morgan fingerprint density at radius 3 is 2.89 bits per heavy atom. The highest BCUT2D eigenvalue weighted by molar-refractivity contribution is 9.10. The fraction of sp³-hybridized carbons (Fsp3) is 0.533. The van der Waals surface area contributed by atoms with Crippen molar-refractivity contribution in [3.63, 3.8) is 0 Å². The molecule has 1 aliphatic heterocycles. The minimum absolute atomic E-state index is 0.00990. The van der Waals surface area contributed by atoms with E-state index in [-0.39, 0.29) is 17.8 Å². The van der Waals surface area contributed by atoms with E-state index in [9.17, 15) is 4.79 Å². The SMILES string of the molecule is CCCOc1ccc(C(=O)C2COC(C)C2)cc1Br. The summed E-state index contributed by atoms with van der Waals surface area (Å²) in [6.07, 6.45) is 1.96. The summed E-state index contributed by atoms with van der Waals surface area (Å²) in [5.41, 5.74) is 0.721. The topological polar surface area (TPSA) is 35.5 Å². The van der Waals surface area contributed by atoms with Crippen molar-refractivity contribution in [3.8, 4) is 5.75 Å². The van der Waals surface area contributed by atoms with Gasteiger partial charge in [-0.2, -0.15) is 0 Å². The number of hydrogen-bond acceptors (Lipinski definition) is 3. The molecule has 2 atom stereocenters. The molecule has 4 heteroatoms. The standard InChI is InChI=1S/C15H19BrO3/c1-3-6-18-14-5-4-11(8-13(14)16)15(17)12-7-10(2)19-9-12/h4-5,8,10,12H,3,6-7,9H2,1-2H3. The van der Waals surface area contributed by atoms with E-state index in [4.69, 9.17) is 9.47 Å². The molecular weight excluding hydrogens is 308 g/mol. The Hall–Kier alpha value is -0.870. The van der Waals surface area contributed by atoms with Crippen LogP contribution in [0, 0.1) is 5.92 Å². The molecule has 1 aliphatic rings. The molecule has 0 radical (unpaired) electrons. The largest absolute Gasteiger partial charge is 0.492 e. The first-order valence-corrected chi connectivity index (χ1v) is 7.49. The number of hydrogen-bond donors (Lipinski definition) is 0. The minimum atomic E-state index is -0.00990. The lowest BCUT2D eigenvalue weighted by Gasteiger charge is -2.10. The minimum Gasteiger partial charge on any atom is -0.492 e. The molecule has 0 N–H and O–H groups in total. The van der Waals surface area contributed by atoms with Gasteiger partial charge in [0.2, 0.25) is 0 Å². The molecule has 104 valence electrons. The lowest BCUT2D eigenvalue weighted by Crippen LogP contribution is -2.15. The fourth-order valence-electron chi connectivity index (χ4n) is 2.22. The third-order valence-corrected chi connectivity index (χ3v) is 3.87. The van der Waals surface area contributed by atoms with E-state index in [1.165, 1.54) is 0 Å². The van der Waals surface area contributed by atoms with Crippen molar-refractivity contribution in [1.29, 1.82) is 0 Å². The molecule has 2 unspecified atom stereocenters. The van der Waals surface area contributed by atoms with Crippen LogP contribution in [0.25, 0.3) is 0 Å². The van der Waals surface area contributed by atoms with Gasteiger partial charge in [-0.25, -0.2) is 0 Å². The van der Waals surface area contributed by atoms with Crippen molar-refractivity contribution in [1.82, 2.24) is 0 Å². The average Bonchev–Trinajstić information content (AvgIpc) is 2.83. The molecule has 0 aromatic heterocycles. The Balaban J connectivity index is 2.08. The maximum absolute atomic E-state index is 12.3. The van der Waals surface area contributed by atoms with Gasteiger partial charge in [0, 0.05) is 11.5 Å². The molecule has 0 saturated carbocycles. The van der Waals surface area contributed by atoms with E-state index in [1.807, 2.05) is 25.1 Å². The second kappa shape index (κ2) is 6.53. The van der Waals surface area contributed by atoms with Gasteiger partial charge < -0.3 is 9.47 Å². The Morgan fingerprint density at radius 2 is 2.32 bits per heavy atom. The molecule has 1 aromatic rings. The number of carbonyl (C=O) groups is 1. The molecule has 1 heterocycles. The number of rotatable bonds is 5. The van der Waals surface area contributed by atoms with Crippen molar-refractivity contribution < 1.29 is 14.3 Å². The Bertz CT molecular complexity index is 459. The lowest BCUT2D eigenvalue weighted by molar-refractivity contribution is 0.0877. The van der Waals surface area contributed by atoms with Gasteiger partial charge in [-0.15, -0.1) is 0 Å². The Morgan fingerprint density at radius 1 is 1.53 bits per heavy atom. The van der Waals surface area contributed by atoms with Crippen LogP contribution in [0.5, 0.6) is 5.75 Å². The maximum atomic E-state index is 12.3. The second-order valence-electron chi connectivity index (χ2n) is 4.93. The normalized spacial score (nSPS) is 22.5. The summed E-state index contributed by atoms with van der Waals surface area (Å²) in [7, 11) is 0. The maximum Gasteiger partial charge on any atom is 0.168 e. The van der Waals surface area contributed by atoms with Crippen LogP contribution < -0.4 is 4.74 Å². The highest BCUT2D eigenvalue weighted by Gasteiger charge is 2.29. The van der Waals surface area contributed by atoms with Crippen molar-refractivity contribution in [3.05, 3.63) is 28.2 Å². The van der Waals surface area contributed by atoms with Crippen molar-refractivity contribution >= 4 is 21.7 Å². The lowest BCUT2D eigenvalue weighted by atomic mass is 9.95. The monoisotopic (exact) mass is 326 g/mol. The van der Waals surface area contributed by atoms with Gasteiger partial charge in [-0.05, 0) is 53.9 Å². The summed E-state index contributed by atoms with van der Waals surface area (Å²) in [6.45, 7) is 5.28. The predicted octanol–water partition coefficient (Wildman–Crippen LogP) is 3.85. The average molecular weight is 327 g/mol. The van der Waals surface area contributed by atoms with Crippen LogP contribution >= 0.6 is 15.9 Å². The zero-order valence-corrected chi connectivity index (χ0v) is 12.9. The summed E-state index contributed by atoms with van der Waals surface area (Å²) >= 11 is 3.46. The van der Waals surface area contributed by atoms with E-state index in [0.717, 1.165) is 28.6 Å². The van der Waals surface area contributed by atoms with E-state index < -0.39 is 0 Å². The van der Waals surface area contributed by atoms with Crippen LogP contribution in [0.2, 0.25) is 0 Å². The summed E-state index contributed by atoms with van der Waals surface area (Å²) in [5.74, 6) is 0.936. The second-order valence-corrected chi connectivity index (χ2v) is 5.79. The van der Waals surface area contributed by atoms with Crippen LogP contribution in [0.3, 0.4) is 0 Å². The first-order chi connectivity index (χ1) is 9.11. The highest BCUT2D eigenvalue weighted by Crippen LogP contribution is 2.29. The number of halogens is 1. The van der Waals surface area contributed by atoms with E-state index in [1.54, 1.807) is 0 Å². The van der Waals surface area contributed by atoms with Crippen LogP contribution in [0.15, 0.2) is 22.7 Å². The number of Topliss-reactive ketones (excluding diaryl/α,β-unsaturated/α-hetero) is 1. The quantitative estimate of drug-likeness (QED) is 0.771. The highest BCUT2D eigenvalue weighted by atomic mass is 79.9. The molecule has 1 fully saturated rings. The van der Waals surface area contributed by atoms with E-state index in [0.29, 0.717) is 13.2 Å². The summed E-state index contributed by atoms with van der Waals surface area (Å²) in [4.78, 5) is 12.3. The van der Waals surface area contributed by atoms with Crippen LogP contribution in [0.1, 0.15) is 37.0 Å².